The second kappa shape index (κ2) is 7.30. The summed E-state index contributed by atoms with van der Waals surface area (Å²) in [5, 5.41) is 3.16. The predicted molar refractivity (Wildman–Crippen MR) is 59.2 cm³/mol. The zero-order chi connectivity index (χ0) is 10.3. The minimum Gasteiger partial charge on any atom is -0.318 e. The first-order valence-corrected chi connectivity index (χ1v) is 5.27. The fourth-order valence-electron chi connectivity index (χ4n) is 1.42. The lowest BCUT2D eigenvalue weighted by Crippen LogP contribution is -2.57. The maximum atomic E-state index is 3.16. The van der Waals surface area contributed by atoms with Crippen LogP contribution in [-0.4, -0.2) is 63.2 Å². The molecule has 1 N–H and O–H groups in total. The van der Waals surface area contributed by atoms with E-state index in [-0.39, 0.29) is 0 Å². The van der Waals surface area contributed by atoms with E-state index in [0.29, 0.717) is 0 Å². The van der Waals surface area contributed by atoms with Crippen LogP contribution >= 0.6 is 0 Å². The first-order valence-electron chi connectivity index (χ1n) is 5.27. The molecule has 0 atom stereocenters. The maximum absolute atomic E-state index is 3.16. The van der Waals surface area contributed by atoms with Crippen LogP contribution in [0.4, 0.5) is 0 Å². The molecule has 0 spiro atoms. The van der Waals surface area contributed by atoms with Crippen LogP contribution in [0.2, 0.25) is 0 Å². The Morgan fingerprint density at radius 2 is 1.92 bits per heavy atom. The van der Waals surface area contributed by atoms with E-state index in [0.717, 1.165) is 19.1 Å². The number of likely N-dealkylation sites (N-methyl/N-ethyl adjacent to an activating group) is 3. The molecule has 3 nitrogen and oxygen atoms in total. The van der Waals surface area contributed by atoms with E-state index >= 15 is 0 Å². The molecule has 1 aliphatic heterocycles. The number of nitrogens with zero attached hydrogens (tertiary/aromatic N) is 2. The van der Waals surface area contributed by atoms with E-state index in [2.05, 4.69) is 29.2 Å². The number of rotatable bonds is 4. The van der Waals surface area contributed by atoms with Crippen LogP contribution in [0, 0.1) is 0 Å². The number of nitrogens with one attached hydrogen (secondary N) is 1. The molecule has 0 aromatic carbocycles. The van der Waals surface area contributed by atoms with Crippen LogP contribution in [0.25, 0.3) is 0 Å². The molecule has 0 radical (unpaired) electrons. The third kappa shape index (κ3) is 4.60. The van der Waals surface area contributed by atoms with E-state index in [4.69, 9.17) is 0 Å². The van der Waals surface area contributed by atoms with Gasteiger partial charge in [-0.2, -0.15) is 0 Å². The predicted octanol–water partition coefficient (Wildman–Crippen LogP) is 0.478. The molecule has 80 valence electrons. The van der Waals surface area contributed by atoms with Crippen LogP contribution in [-0.2, 0) is 0 Å². The van der Waals surface area contributed by atoms with Crippen molar-refractivity contribution >= 4 is 0 Å². The molecule has 0 amide bonds. The summed E-state index contributed by atoms with van der Waals surface area (Å²) in [5.74, 6) is 0. The zero-order valence-electron chi connectivity index (χ0n) is 9.80. The topological polar surface area (TPSA) is 18.5 Å². The van der Waals surface area contributed by atoms with Crippen molar-refractivity contribution in [3.63, 3.8) is 0 Å². The van der Waals surface area contributed by atoms with Gasteiger partial charge in [0.25, 0.3) is 0 Å². The number of hydrogen-bond acceptors (Lipinski definition) is 3. The fraction of sp³-hybridized carbons (Fsp3) is 1.00. The second-order valence-electron chi connectivity index (χ2n) is 3.46. The van der Waals surface area contributed by atoms with Gasteiger partial charge in [-0.05, 0) is 21.1 Å². The van der Waals surface area contributed by atoms with Gasteiger partial charge in [0.05, 0.1) is 0 Å². The molecule has 0 unspecified atom stereocenters. The average Bonchev–Trinajstić information content (AvgIpc) is 2.12. The molecule has 0 aromatic heterocycles. The number of hydrogen-bond donors (Lipinski definition) is 1. The van der Waals surface area contributed by atoms with Crippen molar-refractivity contribution in [1.29, 1.82) is 0 Å². The first kappa shape index (κ1) is 12.9. The maximum Gasteiger partial charge on any atom is 0.0347 e. The van der Waals surface area contributed by atoms with Crippen molar-refractivity contribution in [2.24, 2.45) is 0 Å². The summed E-state index contributed by atoms with van der Waals surface area (Å²) >= 11 is 0. The Balaban J connectivity index is 0.000000671. The summed E-state index contributed by atoms with van der Waals surface area (Å²) in [7, 11) is 6.37. The Bertz CT molecular complexity index is 111. The Morgan fingerprint density at radius 1 is 1.38 bits per heavy atom. The largest absolute Gasteiger partial charge is 0.318 e. The van der Waals surface area contributed by atoms with Crippen molar-refractivity contribution in [3.05, 3.63) is 0 Å². The molecule has 0 bridgehead atoms. The van der Waals surface area contributed by atoms with Crippen LogP contribution in [0.1, 0.15) is 13.8 Å². The standard InChI is InChI=1S/C8H19N3.C2H6/c1-9-4-5-11(3)8-6-10(2)7-8;1-2/h8-9H,4-7H2,1-3H3;1-2H3. The van der Waals surface area contributed by atoms with Crippen molar-refractivity contribution in [2.75, 3.05) is 47.3 Å². The van der Waals surface area contributed by atoms with Crippen molar-refractivity contribution in [2.45, 2.75) is 19.9 Å². The molecule has 1 rings (SSSR count). The normalized spacial score (nSPS) is 18.0. The van der Waals surface area contributed by atoms with E-state index in [9.17, 15) is 0 Å². The Hall–Kier alpha value is -0.120. The minimum atomic E-state index is 0.799. The van der Waals surface area contributed by atoms with E-state index in [1.54, 1.807) is 0 Å². The highest BCUT2D eigenvalue weighted by Gasteiger charge is 2.25. The van der Waals surface area contributed by atoms with Crippen molar-refractivity contribution < 1.29 is 0 Å². The molecule has 1 saturated heterocycles. The van der Waals surface area contributed by atoms with Crippen LogP contribution in [0.5, 0.6) is 0 Å². The highest BCUT2D eigenvalue weighted by Crippen LogP contribution is 2.09. The second-order valence-corrected chi connectivity index (χ2v) is 3.46. The van der Waals surface area contributed by atoms with Gasteiger partial charge in [0, 0.05) is 32.2 Å². The van der Waals surface area contributed by atoms with Crippen LogP contribution < -0.4 is 5.32 Å². The summed E-state index contributed by atoms with van der Waals surface area (Å²) in [6.07, 6.45) is 0. The minimum absolute atomic E-state index is 0.799. The molecule has 0 aromatic rings. The summed E-state index contributed by atoms with van der Waals surface area (Å²) in [4.78, 5) is 4.77. The van der Waals surface area contributed by atoms with E-state index in [1.165, 1.54) is 13.1 Å². The summed E-state index contributed by atoms with van der Waals surface area (Å²) in [6.45, 7) is 8.73. The summed E-state index contributed by atoms with van der Waals surface area (Å²) in [6, 6.07) is 0.799. The van der Waals surface area contributed by atoms with Gasteiger partial charge in [-0.25, -0.2) is 0 Å². The molecule has 1 fully saturated rings. The van der Waals surface area contributed by atoms with Gasteiger partial charge in [0.1, 0.15) is 0 Å². The quantitative estimate of drug-likeness (QED) is 0.690. The molecule has 13 heavy (non-hydrogen) atoms. The lowest BCUT2D eigenvalue weighted by Gasteiger charge is -2.42. The van der Waals surface area contributed by atoms with Crippen molar-refractivity contribution in [3.8, 4) is 0 Å². The van der Waals surface area contributed by atoms with Gasteiger partial charge in [-0.3, -0.25) is 4.90 Å². The first-order chi connectivity index (χ1) is 6.24. The van der Waals surface area contributed by atoms with Gasteiger partial charge in [0.2, 0.25) is 0 Å². The Morgan fingerprint density at radius 3 is 2.31 bits per heavy atom. The molecule has 1 heterocycles. The molecule has 1 aliphatic rings. The Kier molecular flexibility index (Phi) is 7.23. The van der Waals surface area contributed by atoms with Gasteiger partial charge < -0.3 is 10.2 Å². The third-order valence-corrected chi connectivity index (χ3v) is 2.38. The monoisotopic (exact) mass is 187 g/mol. The molecular weight excluding hydrogens is 162 g/mol. The van der Waals surface area contributed by atoms with E-state index in [1.807, 2.05) is 20.9 Å². The smallest absolute Gasteiger partial charge is 0.0347 e. The molecular formula is C10H25N3. The van der Waals surface area contributed by atoms with Gasteiger partial charge >= 0.3 is 0 Å². The highest BCUT2D eigenvalue weighted by atomic mass is 15.3. The fourth-order valence-corrected chi connectivity index (χ4v) is 1.42. The van der Waals surface area contributed by atoms with E-state index < -0.39 is 0 Å². The van der Waals surface area contributed by atoms with Crippen LogP contribution in [0.3, 0.4) is 0 Å². The molecule has 0 saturated carbocycles. The molecule has 0 aliphatic carbocycles. The highest BCUT2D eigenvalue weighted by molar-refractivity contribution is 4.84. The number of likely N-dealkylation sites (tertiary alicyclic amines) is 1. The third-order valence-electron chi connectivity index (χ3n) is 2.38. The van der Waals surface area contributed by atoms with Gasteiger partial charge in [-0.15, -0.1) is 0 Å². The summed E-state index contributed by atoms with van der Waals surface area (Å²) in [5.41, 5.74) is 0. The zero-order valence-corrected chi connectivity index (χ0v) is 9.80. The summed E-state index contributed by atoms with van der Waals surface area (Å²) < 4.78 is 0. The lowest BCUT2D eigenvalue weighted by atomic mass is 10.1. The Labute approximate surface area is 83.1 Å². The average molecular weight is 187 g/mol. The molecule has 3 heteroatoms. The van der Waals surface area contributed by atoms with Gasteiger partial charge in [-0.1, -0.05) is 13.8 Å². The van der Waals surface area contributed by atoms with Crippen LogP contribution in [0.15, 0.2) is 0 Å². The van der Waals surface area contributed by atoms with Gasteiger partial charge in [0.15, 0.2) is 0 Å². The SMILES string of the molecule is CC.CNCCN(C)C1CN(C)C1. The van der Waals surface area contributed by atoms with Crippen molar-refractivity contribution in [1.82, 2.24) is 15.1 Å². The lowest BCUT2D eigenvalue weighted by molar-refractivity contribution is 0.0716.